The molecule has 0 spiro atoms. The van der Waals surface area contributed by atoms with Crippen molar-refractivity contribution in [1.29, 1.82) is 0 Å². The molecule has 5 nitrogen and oxygen atoms in total. The molecule has 106 valence electrons. The first-order valence-electron chi connectivity index (χ1n) is 5.85. The van der Waals surface area contributed by atoms with Gasteiger partial charge in [-0.2, -0.15) is 18.3 Å². The number of aryl methyl sites for hydroxylation is 1. The van der Waals surface area contributed by atoms with Crippen LogP contribution in [0.3, 0.4) is 0 Å². The van der Waals surface area contributed by atoms with Gasteiger partial charge in [-0.25, -0.2) is 0 Å². The number of ether oxygens (including phenoxy) is 1. The summed E-state index contributed by atoms with van der Waals surface area (Å²) < 4.78 is 45.2. The largest absolute Gasteiger partial charge is 0.466 e. The van der Waals surface area contributed by atoms with Crippen molar-refractivity contribution in [2.45, 2.75) is 25.6 Å². The summed E-state index contributed by atoms with van der Waals surface area (Å²) in [5, 5.41) is 6.23. The average Bonchev–Trinajstić information content (AvgIpc) is 2.68. The van der Waals surface area contributed by atoms with Crippen LogP contribution in [0.25, 0.3) is 0 Å². The number of carbonyl (C=O) groups is 1. The molecule has 0 bridgehead atoms. The predicted octanol–water partition coefficient (Wildman–Crippen LogP) is 1.50. The zero-order chi connectivity index (χ0) is 14.2. The smallest absolute Gasteiger partial charge is 0.409 e. The molecule has 2 unspecified atom stereocenters. The summed E-state index contributed by atoms with van der Waals surface area (Å²) in [4.78, 5) is 11.7. The van der Waals surface area contributed by atoms with Crippen LogP contribution < -0.4 is 5.32 Å². The third-order valence-corrected chi connectivity index (χ3v) is 3.13. The topological polar surface area (TPSA) is 56.1 Å². The zero-order valence-corrected chi connectivity index (χ0v) is 10.5. The van der Waals surface area contributed by atoms with Crippen molar-refractivity contribution in [2.24, 2.45) is 13.0 Å². The number of anilines is 1. The summed E-state index contributed by atoms with van der Waals surface area (Å²) in [5.41, 5.74) is 0.879. The second-order valence-electron chi connectivity index (χ2n) is 4.35. The number of hydrogen-bond acceptors (Lipinski definition) is 4. The van der Waals surface area contributed by atoms with E-state index in [1.54, 1.807) is 14.0 Å². The molecular formula is C11H14F3N3O2. The molecule has 1 N–H and O–H groups in total. The van der Waals surface area contributed by atoms with Gasteiger partial charge < -0.3 is 10.1 Å². The number of fused-ring (bicyclic) bond motifs is 1. The van der Waals surface area contributed by atoms with Crippen LogP contribution in [-0.4, -0.2) is 34.6 Å². The molecule has 0 amide bonds. The standard InChI is InChI=1S/C11H14F3N3O2/c1-3-19-10(18)6-4-8-7(5-15-17(8)2)16-9(6)11(12,13)14/h5-6,9,16H,3-4H2,1-2H3. The molecule has 1 aliphatic rings. The Morgan fingerprint density at radius 2 is 2.32 bits per heavy atom. The summed E-state index contributed by atoms with van der Waals surface area (Å²) in [6.07, 6.45) is -3.23. The van der Waals surface area contributed by atoms with E-state index in [4.69, 9.17) is 4.74 Å². The lowest BCUT2D eigenvalue weighted by molar-refractivity contribution is -0.173. The van der Waals surface area contributed by atoms with Gasteiger partial charge in [-0.3, -0.25) is 9.48 Å². The molecule has 0 radical (unpaired) electrons. The summed E-state index contributed by atoms with van der Waals surface area (Å²) in [7, 11) is 1.62. The number of alkyl halides is 3. The fourth-order valence-electron chi connectivity index (χ4n) is 2.20. The van der Waals surface area contributed by atoms with Gasteiger partial charge in [-0.15, -0.1) is 0 Å². The first kappa shape index (κ1) is 13.7. The van der Waals surface area contributed by atoms with Crippen molar-refractivity contribution in [2.75, 3.05) is 11.9 Å². The fraction of sp³-hybridized carbons (Fsp3) is 0.636. The zero-order valence-electron chi connectivity index (χ0n) is 10.5. The minimum atomic E-state index is -4.52. The van der Waals surface area contributed by atoms with Gasteiger partial charge in [0.25, 0.3) is 0 Å². The number of nitrogens with one attached hydrogen (secondary N) is 1. The van der Waals surface area contributed by atoms with Crippen molar-refractivity contribution in [3.05, 3.63) is 11.9 Å². The van der Waals surface area contributed by atoms with Gasteiger partial charge in [-0.05, 0) is 6.92 Å². The number of aromatic nitrogens is 2. The third kappa shape index (κ3) is 2.52. The van der Waals surface area contributed by atoms with E-state index in [-0.39, 0.29) is 13.0 Å². The maximum Gasteiger partial charge on any atom is 0.409 e. The van der Waals surface area contributed by atoms with Gasteiger partial charge >= 0.3 is 12.1 Å². The molecule has 1 aromatic heterocycles. The van der Waals surface area contributed by atoms with E-state index in [2.05, 4.69) is 10.4 Å². The molecule has 2 heterocycles. The molecule has 8 heteroatoms. The van der Waals surface area contributed by atoms with Crippen molar-refractivity contribution >= 4 is 11.7 Å². The minimum Gasteiger partial charge on any atom is -0.466 e. The third-order valence-electron chi connectivity index (χ3n) is 3.13. The highest BCUT2D eigenvalue weighted by molar-refractivity contribution is 5.76. The van der Waals surface area contributed by atoms with Gasteiger partial charge in [0.15, 0.2) is 0 Å². The van der Waals surface area contributed by atoms with E-state index >= 15 is 0 Å². The predicted molar refractivity (Wildman–Crippen MR) is 60.5 cm³/mol. The lowest BCUT2D eigenvalue weighted by Gasteiger charge is -2.32. The Hall–Kier alpha value is -1.73. The maximum atomic E-state index is 13.0. The first-order chi connectivity index (χ1) is 8.84. The molecular weight excluding hydrogens is 263 g/mol. The molecule has 0 aromatic carbocycles. The van der Waals surface area contributed by atoms with E-state index < -0.39 is 24.1 Å². The normalized spacial score (nSPS) is 22.6. The lowest BCUT2D eigenvalue weighted by Crippen LogP contribution is -2.49. The monoisotopic (exact) mass is 277 g/mol. The van der Waals surface area contributed by atoms with Gasteiger partial charge in [0.05, 0.1) is 30.1 Å². The lowest BCUT2D eigenvalue weighted by atomic mass is 9.90. The van der Waals surface area contributed by atoms with E-state index in [1.807, 2.05) is 0 Å². The van der Waals surface area contributed by atoms with Gasteiger partial charge in [0.2, 0.25) is 0 Å². The highest BCUT2D eigenvalue weighted by atomic mass is 19.4. The summed E-state index contributed by atoms with van der Waals surface area (Å²) in [6.45, 7) is 1.62. The Kier molecular flexibility index (Phi) is 3.42. The summed E-state index contributed by atoms with van der Waals surface area (Å²) in [6, 6.07) is -1.94. The summed E-state index contributed by atoms with van der Waals surface area (Å²) in [5.74, 6) is -2.13. The van der Waals surface area contributed by atoms with Crippen LogP contribution in [0, 0.1) is 5.92 Å². The van der Waals surface area contributed by atoms with Crippen LogP contribution in [0.1, 0.15) is 12.6 Å². The minimum absolute atomic E-state index is 0.0398. The van der Waals surface area contributed by atoms with E-state index in [0.29, 0.717) is 11.4 Å². The van der Waals surface area contributed by atoms with Crippen molar-refractivity contribution < 1.29 is 22.7 Å². The SMILES string of the molecule is CCOC(=O)C1Cc2c(cnn2C)NC1C(F)(F)F. The Morgan fingerprint density at radius 3 is 2.89 bits per heavy atom. The van der Waals surface area contributed by atoms with Crippen LogP contribution in [-0.2, 0) is 23.0 Å². The fourth-order valence-corrected chi connectivity index (χ4v) is 2.20. The highest BCUT2D eigenvalue weighted by Gasteiger charge is 2.51. The molecule has 0 fully saturated rings. The number of esters is 1. The average molecular weight is 277 g/mol. The second kappa shape index (κ2) is 4.75. The quantitative estimate of drug-likeness (QED) is 0.832. The van der Waals surface area contributed by atoms with Gasteiger partial charge in [-0.1, -0.05) is 0 Å². The Labute approximate surface area is 107 Å². The summed E-state index contributed by atoms with van der Waals surface area (Å²) >= 11 is 0. The molecule has 0 saturated heterocycles. The van der Waals surface area contributed by atoms with Gasteiger partial charge in [0.1, 0.15) is 6.04 Å². The first-order valence-corrected chi connectivity index (χ1v) is 5.85. The van der Waals surface area contributed by atoms with Crippen molar-refractivity contribution in [1.82, 2.24) is 9.78 Å². The van der Waals surface area contributed by atoms with Crippen molar-refractivity contribution in [3.63, 3.8) is 0 Å². The highest BCUT2D eigenvalue weighted by Crippen LogP contribution is 2.36. The number of hydrogen-bond donors (Lipinski definition) is 1. The van der Waals surface area contributed by atoms with Crippen LogP contribution in [0.2, 0.25) is 0 Å². The molecule has 1 aliphatic heterocycles. The number of halogens is 3. The van der Waals surface area contributed by atoms with Crippen molar-refractivity contribution in [3.8, 4) is 0 Å². The maximum absolute atomic E-state index is 13.0. The van der Waals surface area contributed by atoms with Crippen LogP contribution in [0.4, 0.5) is 18.9 Å². The number of carbonyl (C=O) groups excluding carboxylic acids is 1. The Bertz CT molecular complexity index is 484. The van der Waals surface area contributed by atoms with Crippen LogP contribution >= 0.6 is 0 Å². The molecule has 2 rings (SSSR count). The van der Waals surface area contributed by atoms with Crippen LogP contribution in [0.5, 0.6) is 0 Å². The van der Waals surface area contributed by atoms with E-state index in [1.165, 1.54) is 10.9 Å². The Morgan fingerprint density at radius 1 is 1.63 bits per heavy atom. The number of nitrogens with zero attached hydrogens (tertiary/aromatic N) is 2. The Balaban J connectivity index is 2.33. The second-order valence-corrected chi connectivity index (χ2v) is 4.35. The molecule has 0 saturated carbocycles. The van der Waals surface area contributed by atoms with E-state index in [9.17, 15) is 18.0 Å². The molecule has 1 aromatic rings. The van der Waals surface area contributed by atoms with Gasteiger partial charge in [0, 0.05) is 13.5 Å². The molecule has 0 aliphatic carbocycles. The van der Waals surface area contributed by atoms with Crippen LogP contribution in [0.15, 0.2) is 6.20 Å². The number of rotatable bonds is 2. The van der Waals surface area contributed by atoms with E-state index in [0.717, 1.165) is 0 Å². The molecule has 19 heavy (non-hydrogen) atoms. The molecule has 2 atom stereocenters.